The molecule has 2 N–H and O–H groups in total. The van der Waals surface area contributed by atoms with Crippen molar-refractivity contribution in [2.24, 2.45) is 0 Å². The van der Waals surface area contributed by atoms with Gasteiger partial charge < -0.3 is 4.98 Å². The molecule has 4 nitrogen and oxygen atoms in total. The molecule has 0 aliphatic carbocycles. The number of sulfonamides is 1. The molecule has 0 unspecified atom stereocenters. The summed E-state index contributed by atoms with van der Waals surface area (Å²) in [6.45, 7) is 0. The number of hydrogen-bond acceptors (Lipinski definition) is 2. The van der Waals surface area contributed by atoms with Gasteiger partial charge >= 0.3 is 6.18 Å². The Balaban J connectivity index is 1.93. The van der Waals surface area contributed by atoms with Crippen molar-refractivity contribution in [3.63, 3.8) is 0 Å². The molecule has 0 bridgehead atoms. The van der Waals surface area contributed by atoms with Gasteiger partial charge in [0.25, 0.3) is 10.0 Å². The quantitative estimate of drug-likeness (QED) is 0.701. The molecule has 0 radical (unpaired) electrons. The Morgan fingerprint density at radius 1 is 1.00 bits per heavy atom. The van der Waals surface area contributed by atoms with Gasteiger partial charge in [0.15, 0.2) is 0 Å². The summed E-state index contributed by atoms with van der Waals surface area (Å²) in [5.41, 5.74) is -0.475. The van der Waals surface area contributed by atoms with Gasteiger partial charge in [-0.1, -0.05) is 11.6 Å². The molecular weight excluding hydrogens is 365 g/mol. The van der Waals surface area contributed by atoms with Crippen molar-refractivity contribution in [2.75, 3.05) is 4.72 Å². The Labute approximate surface area is 140 Å². The highest BCUT2D eigenvalue weighted by Crippen LogP contribution is 2.32. The van der Waals surface area contributed by atoms with Crippen LogP contribution in [0.25, 0.3) is 10.9 Å². The summed E-state index contributed by atoms with van der Waals surface area (Å²) in [6, 6.07) is 10.5. The molecule has 126 valence electrons. The van der Waals surface area contributed by atoms with E-state index in [-0.39, 0.29) is 21.5 Å². The summed E-state index contributed by atoms with van der Waals surface area (Å²) in [5.74, 6) is 0. The van der Waals surface area contributed by atoms with Crippen molar-refractivity contribution in [1.82, 2.24) is 4.98 Å². The Kier molecular flexibility index (Phi) is 3.97. The second kappa shape index (κ2) is 5.71. The molecule has 1 aromatic heterocycles. The number of halogens is 4. The van der Waals surface area contributed by atoms with E-state index in [1.165, 1.54) is 42.5 Å². The van der Waals surface area contributed by atoms with Crippen LogP contribution in [0.4, 0.5) is 18.9 Å². The first-order valence-corrected chi connectivity index (χ1v) is 8.50. The maximum absolute atomic E-state index is 12.7. The fourth-order valence-electron chi connectivity index (χ4n) is 2.18. The first kappa shape index (κ1) is 16.7. The van der Waals surface area contributed by atoms with E-state index in [4.69, 9.17) is 11.6 Å². The average Bonchev–Trinajstić information content (AvgIpc) is 2.90. The van der Waals surface area contributed by atoms with Crippen LogP contribution in [0.5, 0.6) is 0 Å². The summed E-state index contributed by atoms with van der Waals surface area (Å²) < 4.78 is 65.0. The third-order valence-corrected chi connectivity index (χ3v) is 4.95. The Hall–Kier alpha value is -2.19. The SMILES string of the molecule is O=S(=O)(Nc1ccc2[nH]c(C(F)(F)F)cc2c1)c1ccc(Cl)cc1. The highest BCUT2D eigenvalue weighted by molar-refractivity contribution is 7.92. The number of anilines is 1. The van der Waals surface area contributed by atoms with Crippen LogP contribution in [0.2, 0.25) is 5.02 Å². The molecule has 3 rings (SSSR count). The molecule has 9 heteroatoms. The summed E-state index contributed by atoms with van der Waals surface area (Å²) in [4.78, 5) is 2.24. The lowest BCUT2D eigenvalue weighted by Crippen LogP contribution is -2.12. The van der Waals surface area contributed by atoms with Gasteiger partial charge in [0, 0.05) is 21.6 Å². The molecule has 0 saturated heterocycles. The Bertz CT molecular complexity index is 996. The van der Waals surface area contributed by atoms with Gasteiger partial charge in [-0.05, 0) is 48.5 Å². The van der Waals surface area contributed by atoms with Crippen molar-refractivity contribution in [1.29, 1.82) is 0 Å². The van der Waals surface area contributed by atoms with Crippen LogP contribution < -0.4 is 4.72 Å². The van der Waals surface area contributed by atoms with Crippen LogP contribution in [0, 0.1) is 0 Å². The molecule has 0 aliphatic rings. The van der Waals surface area contributed by atoms with E-state index < -0.39 is 21.9 Å². The minimum Gasteiger partial charge on any atom is -0.351 e. The molecule has 0 aliphatic heterocycles. The van der Waals surface area contributed by atoms with Crippen molar-refractivity contribution in [3.8, 4) is 0 Å². The van der Waals surface area contributed by atoms with Crippen LogP contribution in [-0.4, -0.2) is 13.4 Å². The molecular formula is C15H10ClF3N2O2S. The second-order valence-corrected chi connectivity index (χ2v) is 7.16. The van der Waals surface area contributed by atoms with E-state index in [1.807, 2.05) is 0 Å². The maximum Gasteiger partial charge on any atom is 0.431 e. The van der Waals surface area contributed by atoms with Gasteiger partial charge in [-0.3, -0.25) is 4.72 Å². The zero-order chi connectivity index (χ0) is 17.5. The van der Waals surface area contributed by atoms with Gasteiger partial charge in [0.05, 0.1) is 4.90 Å². The van der Waals surface area contributed by atoms with E-state index in [9.17, 15) is 21.6 Å². The third-order valence-electron chi connectivity index (χ3n) is 3.30. The Morgan fingerprint density at radius 2 is 1.67 bits per heavy atom. The summed E-state index contributed by atoms with van der Waals surface area (Å²) in [6.07, 6.45) is -4.50. The van der Waals surface area contributed by atoms with Crippen LogP contribution in [0.1, 0.15) is 5.69 Å². The van der Waals surface area contributed by atoms with Crippen molar-refractivity contribution in [3.05, 3.63) is 59.2 Å². The smallest absolute Gasteiger partial charge is 0.351 e. The summed E-state index contributed by atoms with van der Waals surface area (Å²) in [5, 5.41) is 0.640. The van der Waals surface area contributed by atoms with Crippen LogP contribution in [-0.2, 0) is 16.2 Å². The zero-order valence-electron chi connectivity index (χ0n) is 11.9. The molecule has 0 amide bonds. The highest BCUT2D eigenvalue weighted by atomic mass is 35.5. The van der Waals surface area contributed by atoms with E-state index in [1.54, 1.807) is 0 Å². The number of benzene rings is 2. The minimum absolute atomic E-state index is 0.00274. The minimum atomic E-state index is -4.50. The molecule has 0 fully saturated rings. The number of H-pyrrole nitrogens is 1. The zero-order valence-corrected chi connectivity index (χ0v) is 13.4. The van der Waals surface area contributed by atoms with E-state index in [0.29, 0.717) is 5.02 Å². The van der Waals surface area contributed by atoms with E-state index in [0.717, 1.165) is 6.07 Å². The number of rotatable bonds is 3. The van der Waals surface area contributed by atoms with Gasteiger partial charge in [-0.25, -0.2) is 8.42 Å². The summed E-state index contributed by atoms with van der Waals surface area (Å²) >= 11 is 5.72. The molecule has 0 saturated carbocycles. The van der Waals surface area contributed by atoms with Crippen LogP contribution in [0.3, 0.4) is 0 Å². The normalized spacial score (nSPS) is 12.5. The van der Waals surface area contributed by atoms with Crippen molar-refractivity contribution < 1.29 is 21.6 Å². The third kappa shape index (κ3) is 3.34. The highest BCUT2D eigenvalue weighted by Gasteiger charge is 2.32. The fourth-order valence-corrected chi connectivity index (χ4v) is 3.35. The predicted molar refractivity (Wildman–Crippen MR) is 85.6 cm³/mol. The van der Waals surface area contributed by atoms with Gasteiger partial charge in [-0.15, -0.1) is 0 Å². The van der Waals surface area contributed by atoms with E-state index >= 15 is 0 Å². The lowest BCUT2D eigenvalue weighted by atomic mass is 10.2. The maximum atomic E-state index is 12.7. The molecule has 1 heterocycles. The molecule has 3 aromatic rings. The fraction of sp³-hybridized carbons (Fsp3) is 0.0667. The van der Waals surface area contributed by atoms with Crippen LogP contribution in [0.15, 0.2) is 53.4 Å². The number of fused-ring (bicyclic) bond motifs is 1. The number of aromatic nitrogens is 1. The van der Waals surface area contributed by atoms with E-state index in [2.05, 4.69) is 9.71 Å². The molecule has 2 aromatic carbocycles. The molecule has 0 atom stereocenters. The Morgan fingerprint density at radius 3 is 2.29 bits per heavy atom. The first-order valence-electron chi connectivity index (χ1n) is 6.63. The number of alkyl halides is 3. The molecule has 24 heavy (non-hydrogen) atoms. The predicted octanol–water partition coefficient (Wildman–Crippen LogP) is 4.64. The first-order chi connectivity index (χ1) is 11.1. The number of aromatic amines is 1. The van der Waals surface area contributed by atoms with Crippen LogP contribution >= 0.6 is 11.6 Å². The lowest BCUT2D eigenvalue weighted by Gasteiger charge is -2.08. The number of nitrogens with one attached hydrogen (secondary N) is 2. The lowest BCUT2D eigenvalue weighted by molar-refractivity contribution is -0.140. The number of hydrogen-bond donors (Lipinski definition) is 2. The molecule has 0 spiro atoms. The average molecular weight is 375 g/mol. The topological polar surface area (TPSA) is 62.0 Å². The van der Waals surface area contributed by atoms with Crippen molar-refractivity contribution in [2.45, 2.75) is 11.1 Å². The summed E-state index contributed by atoms with van der Waals surface area (Å²) in [7, 11) is -3.86. The largest absolute Gasteiger partial charge is 0.431 e. The standard InChI is InChI=1S/C15H10ClF3N2O2S/c16-10-1-4-12(5-2-10)24(22,23)21-11-3-6-13-9(7-11)8-14(20-13)15(17,18)19/h1-8,20-21H. The monoisotopic (exact) mass is 374 g/mol. The van der Waals surface area contributed by atoms with Crippen molar-refractivity contribution >= 4 is 38.2 Å². The van der Waals surface area contributed by atoms with Gasteiger partial charge in [0.1, 0.15) is 5.69 Å². The van der Waals surface area contributed by atoms with Gasteiger partial charge in [-0.2, -0.15) is 13.2 Å². The van der Waals surface area contributed by atoms with Gasteiger partial charge in [0.2, 0.25) is 0 Å². The second-order valence-electron chi connectivity index (χ2n) is 5.04.